The van der Waals surface area contributed by atoms with Crippen LogP contribution in [0.5, 0.6) is 5.75 Å². The van der Waals surface area contributed by atoms with Crippen molar-refractivity contribution >= 4 is 62.2 Å². The van der Waals surface area contributed by atoms with Gasteiger partial charge in [0, 0.05) is 43.3 Å². The first kappa shape index (κ1) is 33.8. The molecular weight excluding hydrogens is 663 g/mol. The molecule has 0 unspecified atom stereocenters. The minimum Gasteiger partial charge on any atom is -0.492 e. The second-order valence-corrected chi connectivity index (χ2v) is 13.9. The zero-order valence-corrected chi connectivity index (χ0v) is 28.1. The van der Waals surface area contributed by atoms with Gasteiger partial charge in [-0.05, 0) is 72.2 Å². The third-order valence-electron chi connectivity index (χ3n) is 7.57. The number of carbonyl (C=O) groups excluding carboxylic acids is 1. The molecule has 0 aromatic heterocycles. The van der Waals surface area contributed by atoms with Crippen LogP contribution in [0.4, 0.5) is 5.69 Å². The molecule has 0 aliphatic carbocycles. The minimum atomic E-state index is -3.69. The number of sulfonamides is 1. The van der Waals surface area contributed by atoms with Gasteiger partial charge in [-0.15, -0.1) is 0 Å². The maximum absolute atomic E-state index is 13.5. The van der Waals surface area contributed by atoms with Crippen LogP contribution >= 0.6 is 35.4 Å². The van der Waals surface area contributed by atoms with Crippen LogP contribution in [0.3, 0.4) is 0 Å². The van der Waals surface area contributed by atoms with Gasteiger partial charge in [0.05, 0.1) is 22.6 Å². The maximum Gasteiger partial charge on any atom is 0.243 e. The maximum atomic E-state index is 13.5. The van der Waals surface area contributed by atoms with Gasteiger partial charge in [0.1, 0.15) is 5.75 Å². The van der Waals surface area contributed by atoms with Crippen LogP contribution in [-0.2, 0) is 14.8 Å². The first-order valence-corrected chi connectivity index (χ1v) is 17.4. The molecule has 46 heavy (non-hydrogen) atoms. The quantitative estimate of drug-likeness (QED) is 0.132. The highest BCUT2D eigenvalue weighted by atomic mass is 35.5. The number of ether oxygens (including phenoxy) is 1. The summed E-state index contributed by atoms with van der Waals surface area (Å²) in [6.45, 7) is 2.25. The fourth-order valence-electron chi connectivity index (χ4n) is 5.30. The normalized spacial score (nSPS) is 14.2. The Kier molecular flexibility index (Phi) is 11.7. The van der Waals surface area contributed by atoms with Crippen molar-refractivity contribution in [3.8, 4) is 5.75 Å². The van der Waals surface area contributed by atoms with Crippen molar-refractivity contribution in [2.24, 2.45) is 0 Å². The van der Waals surface area contributed by atoms with Crippen LogP contribution in [0.2, 0.25) is 10.0 Å². The van der Waals surface area contributed by atoms with Crippen LogP contribution < -0.4 is 15.4 Å². The molecular formula is C34H34Cl2N4O4S2. The Balaban J connectivity index is 1.10. The predicted molar refractivity (Wildman–Crippen MR) is 187 cm³/mol. The molecule has 1 aliphatic heterocycles. The molecule has 8 nitrogen and oxygen atoms in total. The summed E-state index contributed by atoms with van der Waals surface area (Å²) in [5, 5.41) is 6.59. The van der Waals surface area contributed by atoms with E-state index in [-0.39, 0.29) is 28.4 Å². The molecule has 1 saturated heterocycles. The van der Waals surface area contributed by atoms with Crippen molar-refractivity contribution in [1.82, 2.24) is 14.5 Å². The lowest BCUT2D eigenvalue weighted by molar-refractivity contribution is -0.119. The topological polar surface area (TPSA) is 91.0 Å². The number of thiocarbonyl (C=S) groups is 1. The summed E-state index contributed by atoms with van der Waals surface area (Å²) in [6, 6.07) is 31.9. The van der Waals surface area contributed by atoms with Gasteiger partial charge in [-0.25, -0.2) is 8.42 Å². The number of piperazine rings is 1. The number of halogens is 2. The monoisotopic (exact) mass is 696 g/mol. The summed E-state index contributed by atoms with van der Waals surface area (Å²) >= 11 is 17.3. The number of benzene rings is 4. The van der Waals surface area contributed by atoms with E-state index in [1.165, 1.54) is 15.4 Å². The van der Waals surface area contributed by atoms with E-state index in [1.807, 2.05) is 36.4 Å². The number of anilines is 1. The van der Waals surface area contributed by atoms with Crippen LogP contribution in [0.25, 0.3) is 0 Å². The van der Waals surface area contributed by atoms with Crippen LogP contribution in [0.15, 0.2) is 108 Å². The smallest absolute Gasteiger partial charge is 0.243 e. The fraction of sp³-hybridized carbons (Fsp3) is 0.235. The van der Waals surface area contributed by atoms with Gasteiger partial charge in [-0.2, -0.15) is 4.31 Å². The molecule has 5 rings (SSSR count). The molecule has 0 spiro atoms. The Morgan fingerprint density at radius 3 is 2.04 bits per heavy atom. The molecule has 1 amide bonds. The molecule has 0 bridgehead atoms. The highest BCUT2D eigenvalue weighted by Gasteiger charge is 2.32. The van der Waals surface area contributed by atoms with E-state index < -0.39 is 10.0 Å². The number of amides is 1. The van der Waals surface area contributed by atoms with Crippen LogP contribution in [0.1, 0.15) is 30.0 Å². The predicted octanol–water partition coefficient (Wildman–Crippen LogP) is 6.76. The number of carbonyl (C=O) groups is 1. The Morgan fingerprint density at radius 2 is 1.46 bits per heavy atom. The van der Waals surface area contributed by atoms with E-state index in [1.54, 1.807) is 42.5 Å². The van der Waals surface area contributed by atoms with Gasteiger partial charge in [0.25, 0.3) is 0 Å². The Morgan fingerprint density at radius 1 is 0.848 bits per heavy atom. The Labute approximate surface area is 285 Å². The van der Waals surface area contributed by atoms with E-state index in [9.17, 15) is 13.2 Å². The van der Waals surface area contributed by atoms with Gasteiger partial charge in [0.2, 0.25) is 15.9 Å². The van der Waals surface area contributed by atoms with Crippen molar-refractivity contribution in [1.29, 1.82) is 0 Å². The Bertz CT molecular complexity index is 1700. The number of hydrogen-bond donors (Lipinski definition) is 2. The lowest BCUT2D eigenvalue weighted by Crippen LogP contribution is -2.49. The average Bonchev–Trinajstić information content (AvgIpc) is 3.05. The lowest BCUT2D eigenvalue weighted by Gasteiger charge is -2.39. The first-order chi connectivity index (χ1) is 22.2. The van der Waals surface area contributed by atoms with E-state index in [4.69, 9.17) is 40.2 Å². The molecule has 4 aromatic carbocycles. The number of rotatable bonds is 11. The molecule has 240 valence electrons. The Hall–Kier alpha value is -3.51. The fourth-order valence-corrected chi connectivity index (χ4v) is 7.42. The molecule has 0 radical (unpaired) electrons. The molecule has 1 fully saturated rings. The van der Waals surface area contributed by atoms with Gasteiger partial charge >= 0.3 is 0 Å². The van der Waals surface area contributed by atoms with Crippen molar-refractivity contribution in [3.05, 3.63) is 124 Å². The van der Waals surface area contributed by atoms with E-state index in [0.29, 0.717) is 60.7 Å². The average molecular weight is 698 g/mol. The van der Waals surface area contributed by atoms with Crippen molar-refractivity contribution in [2.75, 3.05) is 38.1 Å². The standard InChI is InChI=1S/C34H34Cl2N4O4S2/c35-27-13-18-31(30(36)24-27)44-23-7-12-32(41)38-34(45)37-28-14-16-29(17-15-28)46(42,43)40-21-19-39(20-22-40)33(25-8-3-1-4-9-25)26-10-5-2-6-11-26/h1-6,8-11,13-18,24,33H,7,12,19-23H2,(H2,37,38,41,45). The second kappa shape index (κ2) is 15.9. The van der Waals surface area contributed by atoms with E-state index in [0.717, 1.165) is 0 Å². The van der Waals surface area contributed by atoms with Crippen LogP contribution in [-0.4, -0.2) is 61.4 Å². The molecule has 12 heteroatoms. The first-order valence-electron chi connectivity index (χ1n) is 14.8. The van der Waals surface area contributed by atoms with Gasteiger partial charge in [-0.1, -0.05) is 83.9 Å². The zero-order chi connectivity index (χ0) is 32.5. The summed E-state index contributed by atoms with van der Waals surface area (Å²) in [5.74, 6) is 0.222. The highest BCUT2D eigenvalue weighted by Crippen LogP contribution is 2.31. The molecule has 0 saturated carbocycles. The molecule has 2 N–H and O–H groups in total. The zero-order valence-electron chi connectivity index (χ0n) is 24.9. The summed E-state index contributed by atoms with van der Waals surface area (Å²) in [7, 11) is -3.69. The number of nitrogens with zero attached hydrogens (tertiary/aromatic N) is 2. The van der Waals surface area contributed by atoms with Crippen molar-refractivity contribution < 1.29 is 17.9 Å². The lowest BCUT2D eigenvalue weighted by atomic mass is 9.96. The molecule has 4 aromatic rings. The highest BCUT2D eigenvalue weighted by molar-refractivity contribution is 7.89. The van der Waals surface area contributed by atoms with Crippen molar-refractivity contribution in [2.45, 2.75) is 23.8 Å². The molecule has 1 heterocycles. The van der Waals surface area contributed by atoms with E-state index >= 15 is 0 Å². The molecule has 1 aliphatic rings. The van der Waals surface area contributed by atoms with Gasteiger partial charge in [-0.3, -0.25) is 9.69 Å². The summed E-state index contributed by atoms with van der Waals surface area (Å²) < 4.78 is 34.2. The van der Waals surface area contributed by atoms with Gasteiger partial charge in [0.15, 0.2) is 5.11 Å². The largest absolute Gasteiger partial charge is 0.492 e. The summed E-state index contributed by atoms with van der Waals surface area (Å²) in [6.07, 6.45) is 0.641. The third-order valence-corrected chi connectivity index (χ3v) is 10.2. The third kappa shape index (κ3) is 8.85. The second-order valence-electron chi connectivity index (χ2n) is 10.7. The van der Waals surface area contributed by atoms with E-state index in [2.05, 4.69) is 39.8 Å². The molecule has 0 atom stereocenters. The minimum absolute atomic E-state index is 0.0451. The summed E-state index contributed by atoms with van der Waals surface area (Å²) in [4.78, 5) is 14.9. The number of hydrogen-bond acceptors (Lipinski definition) is 6. The van der Waals surface area contributed by atoms with Gasteiger partial charge < -0.3 is 15.4 Å². The van der Waals surface area contributed by atoms with Crippen LogP contribution in [0, 0.1) is 0 Å². The number of nitrogens with one attached hydrogen (secondary N) is 2. The summed E-state index contributed by atoms with van der Waals surface area (Å²) in [5.41, 5.74) is 2.91. The van der Waals surface area contributed by atoms with Crippen molar-refractivity contribution in [3.63, 3.8) is 0 Å². The SMILES string of the molecule is O=C(CCCOc1ccc(Cl)cc1Cl)NC(=S)Nc1ccc(S(=O)(=O)N2CCN(C(c3ccccc3)c3ccccc3)CC2)cc1.